The van der Waals surface area contributed by atoms with Crippen molar-refractivity contribution in [3.63, 3.8) is 0 Å². The summed E-state index contributed by atoms with van der Waals surface area (Å²) in [6.07, 6.45) is 0. The van der Waals surface area contributed by atoms with Crippen LogP contribution in [-0.4, -0.2) is 6.54 Å². The van der Waals surface area contributed by atoms with E-state index in [0.717, 1.165) is 11.4 Å². The van der Waals surface area contributed by atoms with Gasteiger partial charge in [-0.3, -0.25) is 0 Å². The molecule has 0 saturated heterocycles. The van der Waals surface area contributed by atoms with Gasteiger partial charge in [0, 0.05) is 15.1 Å². The average Bonchev–Trinajstić information content (AvgIpc) is 2.89. The summed E-state index contributed by atoms with van der Waals surface area (Å²) >= 11 is 1.72. The lowest BCUT2D eigenvalue weighted by molar-refractivity contribution is 0.563. The van der Waals surface area contributed by atoms with Gasteiger partial charge < -0.3 is 5.32 Å². The van der Waals surface area contributed by atoms with Gasteiger partial charge in [-0.05, 0) is 30.1 Å². The van der Waals surface area contributed by atoms with Crippen LogP contribution in [0.4, 0.5) is 4.39 Å². The maximum Gasteiger partial charge on any atom is 0.128 e. The van der Waals surface area contributed by atoms with Gasteiger partial charge in [0.15, 0.2) is 0 Å². The minimum atomic E-state index is -0.157. The van der Waals surface area contributed by atoms with Crippen LogP contribution in [0.3, 0.4) is 0 Å². The van der Waals surface area contributed by atoms with Gasteiger partial charge in [0.2, 0.25) is 0 Å². The zero-order valence-corrected chi connectivity index (χ0v) is 12.1. The molecule has 0 aliphatic carbocycles. The monoisotopic (exact) mass is 285 g/mol. The van der Waals surface area contributed by atoms with Gasteiger partial charge in [0.05, 0.1) is 6.04 Å². The van der Waals surface area contributed by atoms with E-state index in [0.29, 0.717) is 5.56 Å². The van der Waals surface area contributed by atoms with Gasteiger partial charge in [-0.25, -0.2) is 4.39 Å². The Bertz CT molecular complexity index is 687. The van der Waals surface area contributed by atoms with Crippen LogP contribution in [0.25, 0.3) is 10.1 Å². The molecule has 0 amide bonds. The van der Waals surface area contributed by atoms with Crippen LogP contribution < -0.4 is 5.32 Å². The first kappa shape index (κ1) is 13.3. The largest absolute Gasteiger partial charge is 0.306 e. The lowest BCUT2D eigenvalue weighted by Crippen LogP contribution is -2.22. The van der Waals surface area contributed by atoms with Gasteiger partial charge in [-0.1, -0.05) is 43.3 Å². The highest BCUT2D eigenvalue weighted by Gasteiger charge is 2.18. The highest BCUT2D eigenvalue weighted by Crippen LogP contribution is 2.33. The third kappa shape index (κ3) is 2.47. The third-order valence-corrected chi connectivity index (χ3v) is 4.53. The van der Waals surface area contributed by atoms with Crippen LogP contribution in [0, 0.1) is 5.82 Å². The molecule has 1 heterocycles. The Morgan fingerprint density at radius 2 is 1.85 bits per heavy atom. The molecule has 0 radical (unpaired) electrons. The van der Waals surface area contributed by atoms with Gasteiger partial charge in [0.1, 0.15) is 5.82 Å². The molecular weight excluding hydrogens is 269 g/mol. The fourth-order valence-electron chi connectivity index (χ4n) is 2.42. The second-order valence-electron chi connectivity index (χ2n) is 4.70. The fraction of sp³-hybridized carbons (Fsp3) is 0.176. The van der Waals surface area contributed by atoms with Crippen LogP contribution in [0.1, 0.15) is 23.4 Å². The summed E-state index contributed by atoms with van der Waals surface area (Å²) < 4.78 is 15.3. The summed E-state index contributed by atoms with van der Waals surface area (Å²) in [5.41, 5.74) is 0.709. The number of hydrogen-bond acceptors (Lipinski definition) is 2. The van der Waals surface area contributed by atoms with E-state index in [1.165, 1.54) is 16.2 Å². The Morgan fingerprint density at radius 3 is 2.60 bits per heavy atom. The average molecular weight is 285 g/mol. The van der Waals surface area contributed by atoms with Crippen molar-refractivity contribution in [1.82, 2.24) is 5.32 Å². The quantitative estimate of drug-likeness (QED) is 0.730. The standard InChI is InChI=1S/C17H16FNS/c1-2-19-17(13-8-4-5-9-14(13)18)16-11-12-7-3-6-10-15(12)20-16/h3-11,17,19H,2H2,1H3. The number of rotatable bonds is 4. The van der Waals surface area contributed by atoms with Crippen LogP contribution >= 0.6 is 11.3 Å². The Morgan fingerprint density at radius 1 is 1.10 bits per heavy atom. The summed E-state index contributed by atoms with van der Waals surface area (Å²) in [6, 6.07) is 17.3. The minimum absolute atomic E-state index is 0.0846. The predicted octanol–water partition coefficient (Wildman–Crippen LogP) is 4.74. The topological polar surface area (TPSA) is 12.0 Å². The van der Waals surface area contributed by atoms with Gasteiger partial charge >= 0.3 is 0 Å². The van der Waals surface area contributed by atoms with Crippen LogP contribution in [0.5, 0.6) is 0 Å². The van der Waals surface area contributed by atoms with E-state index < -0.39 is 0 Å². The van der Waals surface area contributed by atoms with Crippen molar-refractivity contribution in [2.45, 2.75) is 13.0 Å². The van der Waals surface area contributed by atoms with Gasteiger partial charge in [-0.2, -0.15) is 0 Å². The van der Waals surface area contributed by atoms with Crippen molar-refractivity contribution < 1.29 is 4.39 Å². The molecule has 0 aliphatic heterocycles. The molecule has 3 aromatic rings. The first-order valence-electron chi connectivity index (χ1n) is 6.76. The molecule has 0 saturated carbocycles. The molecular formula is C17H16FNS. The van der Waals surface area contributed by atoms with E-state index >= 15 is 0 Å². The molecule has 3 rings (SSSR count). The zero-order valence-electron chi connectivity index (χ0n) is 11.3. The van der Waals surface area contributed by atoms with Gasteiger partial charge in [0.25, 0.3) is 0 Å². The number of thiophene rings is 1. The van der Waals surface area contributed by atoms with E-state index in [1.807, 2.05) is 31.2 Å². The molecule has 3 heteroatoms. The molecule has 1 aromatic heterocycles. The van der Waals surface area contributed by atoms with Crippen molar-refractivity contribution in [2.24, 2.45) is 0 Å². The molecule has 1 unspecified atom stereocenters. The normalized spacial score (nSPS) is 12.7. The molecule has 102 valence electrons. The lowest BCUT2D eigenvalue weighted by Gasteiger charge is -2.17. The molecule has 20 heavy (non-hydrogen) atoms. The Labute approximate surface area is 122 Å². The number of benzene rings is 2. The van der Waals surface area contributed by atoms with E-state index in [1.54, 1.807) is 17.4 Å². The first-order valence-corrected chi connectivity index (χ1v) is 7.57. The van der Waals surface area contributed by atoms with Gasteiger partial charge in [-0.15, -0.1) is 11.3 Å². The molecule has 0 bridgehead atoms. The number of hydrogen-bond donors (Lipinski definition) is 1. The van der Waals surface area contributed by atoms with Crippen molar-refractivity contribution in [1.29, 1.82) is 0 Å². The Hall–Kier alpha value is -1.71. The molecule has 0 aliphatic rings. The van der Waals surface area contributed by atoms with Crippen molar-refractivity contribution in [3.05, 3.63) is 70.9 Å². The highest BCUT2D eigenvalue weighted by atomic mass is 32.1. The van der Waals surface area contributed by atoms with Crippen LogP contribution in [0.2, 0.25) is 0 Å². The second kappa shape index (κ2) is 5.73. The van der Waals surface area contributed by atoms with Crippen LogP contribution in [-0.2, 0) is 0 Å². The highest BCUT2D eigenvalue weighted by molar-refractivity contribution is 7.19. The summed E-state index contributed by atoms with van der Waals surface area (Å²) in [4.78, 5) is 1.15. The minimum Gasteiger partial charge on any atom is -0.306 e. The summed E-state index contributed by atoms with van der Waals surface area (Å²) in [6.45, 7) is 2.84. The van der Waals surface area contributed by atoms with Crippen molar-refractivity contribution in [2.75, 3.05) is 6.54 Å². The van der Waals surface area contributed by atoms with E-state index in [-0.39, 0.29) is 11.9 Å². The fourth-order valence-corrected chi connectivity index (χ4v) is 3.58. The van der Waals surface area contributed by atoms with Crippen molar-refractivity contribution in [3.8, 4) is 0 Å². The molecule has 0 spiro atoms. The molecule has 2 aromatic carbocycles. The first-order chi connectivity index (χ1) is 9.79. The molecule has 1 nitrogen and oxygen atoms in total. The number of nitrogens with one attached hydrogen (secondary N) is 1. The maximum atomic E-state index is 14.1. The maximum absolute atomic E-state index is 14.1. The summed E-state index contributed by atoms with van der Waals surface area (Å²) in [5, 5.41) is 4.60. The molecule has 1 atom stereocenters. The number of fused-ring (bicyclic) bond motifs is 1. The van der Waals surface area contributed by atoms with E-state index in [9.17, 15) is 4.39 Å². The van der Waals surface area contributed by atoms with E-state index in [2.05, 4.69) is 23.5 Å². The summed E-state index contributed by atoms with van der Waals surface area (Å²) in [5.74, 6) is -0.157. The molecule has 1 N–H and O–H groups in total. The molecule has 0 fully saturated rings. The Balaban J connectivity index is 2.08. The van der Waals surface area contributed by atoms with Crippen LogP contribution in [0.15, 0.2) is 54.6 Å². The zero-order chi connectivity index (χ0) is 13.9. The third-order valence-electron chi connectivity index (χ3n) is 3.35. The SMILES string of the molecule is CCNC(c1cc2ccccc2s1)c1ccccc1F. The smallest absolute Gasteiger partial charge is 0.128 e. The lowest BCUT2D eigenvalue weighted by atomic mass is 10.0. The Kier molecular flexibility index (Phi) is 3.81. The van der Waals surface area contributed by atoms with E-state index in [4.69, 9.17) is 0 Å². The second-order valence-corrected chi connectivity index (χ2v) is 5.81. The predicted molar refractivity (Wildman–Crippen MR) is 83.7 cm³/mol. The van der Waals surface area contributed by atoms with Crippen molar-refractivity contribution >= 4 is 21.4 Å². The number of halogens is 1. The summed E-state index contributed by atoms with van der Waals surface area (Å²) in [7, 11) is 0.